The van der Waals surface area contributed by atoms with Crippen molar-refractivity contribution < 1.29 is 0 Å². The molecule has 1 unspecified atom stereocenters. The highest BCUT2D eigenvalue weighted by atomic mass is 32.1. The molecule has 0 spiro atoms. The SMILES string of the molecule is CCCc1nc(C2CN3CCN2CC3)sc1CNCC. The molecule has 2 bridgehead atoms. The molecule has 0 saturated carbocycles. The fourth-order valence-electron chi connectivity index (χ4n) is 3.21. The zero-order chi connectivity index (χ0) is 13.9. The molecule has 112 valence electrons. The second kappa shape index (κ2) is 6.52. The maximum atomic E-state index is 5.01. The van der Waals surface area contributed by atoms with Gasteiger partial charge >= 0.3 is 0 Å². The lowest BCUT2D eigenvalue weighted by atomic mass is 10.1. The van der Waals surface area contributed by atoms with E-state index in [-0.39, 0.29) is 0 Å². The summed E-state index contributed by atoms with van der Waals surface area (Å²) in [5.41, 5.74) is 1.34. The number of aromatic nitrogens is 1. The molecule has 1 atom stereocenters. The highest BCUT2D eigenvalue weighted by Gasteiger charge is 2.34. The van der Waals surface area contributed by atoms with Crippen LogP contribution in [0.5, 0.6) is 0 Å². The fourth-order valence-corrected chi connectivity index (χ4v) is 4.41. The van der Waals surface area contributed by atoms with E-state index >= 15 is 0 Å². The van der Waals surface area contributed by atoms with Crippen LogP contribution >= 0.6 is 11.3 Å². The van der Waals surface area contributed by atoms with E-state index in [0.29, 0.717) is 6.04 Å². The largest absolute Gasteiger partial charge is 0.312 e. The molecule has 20 heavy (non-hydrogen) atoms. The van der Waals surface area contributed by atoms with E-state index in [1.54, 1.807) is 0 Å². The van der Waals surface area contributed by atoms with Gasteiger partial charge in [0.2, 0.25) is 0 Å². The molecule has 0 aliphatic carbocycles. The summed E-state index contributed by atoms with van der Waals surface area (Å²) in [5.74, 6) is 0. The second-order valence-corrected chi connectivity index (χ2v) is 6.92. The monoisotopic (exact) mass is 294 g/mol. The predicted octanol–water partition coefficient (Wildman–Crippen LogP) is 1.88. The Morgan fingerprint density at radius 2 is 2.05 bits per heavy atom. The maximum Gasteiger partial charge on any atom is 0.112 e. The van der Waals surface area contributed by atoms with Gasteiger partial charge in [0, 0.05) is 44.1 Å². The van der Waals surface area contributed by atoms with Gasteiger partial charge in [0.1, 0.15) is 5.01 Å². The van der Waals surface area contributed by atoms with Gasteiger partial charge in [-0.25, -0.2) is 4.98 Å². The van der Waals surface area contributed by atoms with Gasteiger partial charge in [-0.15, -0.1) is 11.3 Å². The first-order chi connectivity index (χ1) is 9.81. The van der Waals surface area contributed by atoms with Crippen molar-refractivity contribution >= 4 is 11.3 Å². The van der Waals surface area contributed by atoms with E-state index < -0.39 is 0 Å². The molecular weight excluding hydrogens is 268 g/mol. The van der Waals surface area contributed by atoms with Gasteiger partial charge in [0.25, 0.3) is 0 Å². The van der Waals surface area contributed by atoms with Crippen molar-refractivity contribution in [3.05, 3.63) is 15.6 Å². The van der Waals surface area contributed by atoms with Crippen LogP contribution in [0.15, 0.2) is 0 Å². The number of nitrogens with zero attached hydrogens (tertiary/aromatic N) is 3. The summed E-state index contributed by atoms with van der Waals surface area (Å²) < 4.78 is 0. The van der Waals surface area contributed by atoms with Gasteiger partial charge in [-0.1, -0.05) is 20.3 Å². The molecule has 4 heterocycles. The molecule has 1 aromatic heterocycles. The van der Waals surface area contributed by atoms with Gasteiger partial charge in [-0.2, -0.15) is 0 Å². The van der Waals surface area contributed by atoms with Crippen molar-refractivity contribution in [2.45, 2.75) is 39.3 Å². The summed E-state index contributed by atoms with van der Waals surface area (Å²) in [5, 5.41) is 4.81. The minimum Gasteiger partial charge on any atom is -0.312 e. The van der Waals surface area contributed by atoms with Crippen molar-refractivity contribution in [2.75, 3.05) is 39.3 Å². The zero-order valence-corrected chi connectivity index (χ0v) is 13.5. The normalized spacial score (nSPS) is 29.0. The molecule has 0 aromatic carbocycles. The number of hydrogen-bond donors (Lipinski definition) is 1. The van der Waals surface area contributed by atoms with Gasteiger partial charge in [-0.3, -0.25) is 9.80 Å². The van der Waals surface area contributed by atoms with E-state index in [1.165, 1.54) is 54.7 Å². The molecule has 4 nitrogen and oxygen atoms in total. The van der Waals surface area contributed by atoms with Crippen LogP contribution in [-0.2, 0) is 13.0 Å². The number of fused-ring (bicyclic) bond motifs is 3. The average Bonchev–Trinajstić information content (AvgIpc) is 2.90. The van der Waals surface area contributed by atoms with Crippen LogP contribution in [0, 0.1) is 0 Å². The van der Waals surface area contributed by atoms with Crippen molar-refractivity contribution in [1.29, 1.82) is 0 Å². The van der Waals surface area contributed by atoms with Crippen molar-refractivity contribution in [2.24, 2.45) is 0 Å². The third-order valence-corrected chi connectivity index (χ3v) is 5.58. The Balaban J connectivity index is 1.78. The maximum absolute atomic E-state index is 5.01. The standard InChI is InChI=1S/C15H26N4S/c1-3-5-12-14(10-16-4-2)20-15(17-12)13-11-18-6-8-19(13)9-7-18/h13,16H,3-11H2,1-2H3. The van der Waals surface area contributed by atoms with Crippen LogP contribution in [-0.4, -0.2) is 54.1 Å². The Bertz CT molecular complexity index is 437. The van der Waals surface area contributed by atoms with Gasteiger partial charge in [0.05, 0.1) is 11.7 Å². The summed E-state index contributed by atoms with van der Waals surface area (Å²) >= 11 is 1.94. The minimum atomic E-state index is 0.550. The summed E-state index contributed by atoms with van der Waals surface area (Å²) in [7, 11) is 0. The number of thiazole rings is 1. The lowest BCUT2D eigenvalue weighted by Crippen LogP contribution is -2.56. The van der Waals surface area contributed by atoms with Crippen LogP contribution in [0.3, 0.4) is 0 Å². The third-order valence-electron chi connectivity index (χ3n) is 4.38. The van der Waals surface area contributed by atoms with Crippen LogP contribution in [0.2, 0.25) is 0 Å². The van der Waals surface area contributed by atoms with Crippen LogP contribution in [0.1, 0.15) is 41.9 Å². The highest BCUT2D eigenvalue weighted by Crippen LogP contribution is 2.33. The number of aryl methyl sites for hydroxylation is 1. The first-order valence-electron chi connectivity index (χ1n) is 7.97. The molecule has 1 aromatic rings. The van der Waals surface area contributed by atoms with E-state index in [1.807, 2.05) is 11.3 Å². The summed E-state index contributed by atoms with van der Waals surface area (Å²) in [6.07, 6.45) is 2.30. The van der Waals surface area contributed by atoms with Crippen LogP contribution < -0.4 is 5.32 Å². The molecule has 4 rings (SSSR count). The summed E-state index contributed by atoms with van der Waals surface area (Å²) in [6.45, 7) is 12.5. The molecule has 3 fully saturated rings. The Hall–Kier alpha value is -0.490. The molecule has 0 amide bonds. The van der Waals surface area contributed by atoms with Crippen molar-refractivity contribution in [3.63, 3.8) is 0 Å². The Labute approximate surface area is 126 Å². The molecule has 3 aliphatic heterocycles. The number of hydrogen-bond acceptors (Lipinski definition) is 5. The Kier molecular flexibility index (Phi) is 4.71. The highest BCUT2D eigenvalue weighted by molar-refractivity contribution is 7.11. The topological polar surface area (TPSA) is 31.4 Å². The van der Waals surface area contributed by atoms with Crippen LogP contribution in [0.25, 0.3) is 0 Å². The van der Waals surface area contributed by atoms with E-state index in [2.05, 4.69) is 29.0 Å². The zero-order valence-electron chi connectivity index (χ0n) is 12.7. The molecule has 0 radical (unpaired) electrons. The lowest BCUT2D eigenvalue weighted by molar-refractivity contribution is 0.0122. The Morgan fingerprint density at radius 3 is 2.65 bits per heavy atom. The smallest absolute Gasteiger partial charge is 0.112 e. The van der Waals surface area contributed by atoms with E-state index in [0.717, 1.165) is 19.5 Å². The second-order valence-electron chi connectivity index (χ2n) is 5.80. The summed E-state index contributed by atoms with van der Waals surface area (Å²) in [4.78, 5) is 11.7. The first kappa shape index (κ1) is 14.4. The molecule has 5 heteroatoms. The average molecular weight is 294 g/mol. The van der Waals surface area contributed by atoms with E-state index in [9.17, 15) is 0 Å². The van der Waals surface area contributed by atoms with E-state index in [4.69, 9.17) is 4.98 Å². The minimum absolute atomic E-state index is 0.550. The molecular formula is C15H26N4S. The third kappa shape index (κ3) is 2.91. The Morgan fingerprint density at radius 1 is 1.25 bits per heavy atom. The number of nitrogens with one attached hydrogen (secondary N) is 1. The van der Waals surface area contributed by atoms with Crippen molar-refractivity contribution in [3.8, 4) is 0 Å². The molecule has 1 N–H and O–H groups in total. The van der Waals surface area contributed by atoms with Crippen LogP contribution in [0.4, 0.5) is 0 Å². The molecule has 3 saturated heterocycles. The summed E-state index contributed by atoms with van der Waals surface area (Å²) in [6, 6.07) is 0.550. The number of rotatable bonds is 6. The number of piperazine rings is 3. The molecule has 3 aliphatic rings. The van der Waals surface area contributed by atoms with Gasteiger partial charge in [-0.05, 0) is 13.0 Å². The van der Waals surface area contributed by atoms with Gasteiger partial charge in [0.15, 0.2) is 0 Å². The fraction of sp³-hybridized carbons (Fsp3) is 0.800. The van der Waals surface area contributed by atoms with Gasteiger partial charge < -0.3 is 5.32 Å². The quantitative estimate of drug-likeness (QED) is 0.868. The first-order valence-corrected chi connectivity index (χ1v) is 8.79. The predicted molar refractivity (Wildman–Crippen MR) is 84.2 cm³/mol. The lowest BCUT2D eigenvalue weighted by Gasteiger charge is -2.46. The van der Waals surface area contributed by atoms with Crippen molar-refractivity contribution in [1.82, 2.24) is 20.1 Å².